The molecule has 0 aliphatic carbocycles. The summed E-state index contributed by atoms with van der Waals surface area (Å²) in [5, 5.41) is 0.913. The average molecular weight is 430 g/mol. The van der Waals surface area contributed by atoms with E-state index < -0.39 is 15.8 Å². The first kappa shape index (κ1) is 20.9. The lowest BCUT2D eigenvalue weighted by atomic mass is 10.00. The average Bonchev–Trinajstić information content (AvgIpc) is 3.15. The Hall–Kier alpha value is -2.38. The molecule has 30 heavy (non-hydrogen) atoms. The van der Waals surface area contributed by atoms with Crippen LogP contribution in [0.4, 0.5) is 10.1 Å². The van der Waals surface area contributed by atoms with Gasteiger partial charge in [-0.05, 0) is 89.3 Å². The molecule has 1 aliphatic heterocycles. The Morgan fingerprint density at radius 3 is 2.33 bits per heavy atom. The molecular formula is C23H28FN3O2S. The van der Waals surface area contributed by atoms with Crippen LogP contribution in [0.1, 0.15) is 26.7 Å². The Morgan fingerprint density at radius 1 is 1.03 bits per heavy atom. The molecule has 0 bridgehead atoms. The number of fused-ring (bicyclic) bond motifs is 1. The molecule has 0 N–H and O–H groups in total. The molecule has 0 atom stereocenters. The fraction of sp³-hybridized carbons (Fsp3) is 0.391. The lowest BCUT2D eigenvalue weighted by Crippen LogP contribution is -2.47. The van der Waals surface area contributed by atoms with Gasteiger partial charge in [-0.2, -0.15) is 0 Å². The molecule has 1 saturated heterocycles. The SMILES string of the molecule is CC(C)N(c1cccc2c1ccn2S(=O)(=O)c1ccc(F)cc1)C1CCN(C)CC1. The maximum Gasteiger partial charge on any atom is 0.268 e. The van der Waals surface area contributed by atoms with E-state index in [0.29, 0.717) is 17.6 Å². The summed E-state index contributed by atoms with van der Waals surface area (Å²) in [6.45, 7) is 6.49. The summed E-state index contributed by atoms with van der Waals surface area (Å²) in [6.07, 6.45) is 3.76. The first-order valence-corrected chi connectivity index (χ1v) is 11.8. The second-order valence-corrected chi connectivity index (χ2v) is 10.1. The van der Waals surface area contributed by atoms with E-state index >= 15 is 0 Å². The molecule has 4 rings (SSSR count). The summed E-state index contributed by atoms with van der Waals surface area (Å²) in [7, 11) is -1.66. The van der Waals surface area contributed by atoms with Gasteiger partial charge in [-0.3, -0.25) is 0 Å². The smallest absolute Gasteiger partial charge is 0.268 e. The first-order chi connectivity index (χ1) is 14.3. The summed E-state index contributed by atoms with van der Waals surface area (Å²) in [6, 6.07) is 13.4. The molecule has 0 saturated carbocycles. The van der Waals surface area contributed by atoms with Crippen LogP contribution in [0.2, 0.25) is 0 Å². The third-order valence-corrected chi connectivity index (χ3v) is 7.66. The molecule has 1 fully saturated rings. The summed E-state index contributed by atoms with van der Waals surface area (Å²) < 4.78 is 41.0. The van der Waals surface area contributed by atoms with Crippen LogP contribution in [0.3, 0.4) is 0 Å². The Morgan fingerprint density at radius 2 is 1.70 bits per heavy atom. The Kier molecular flexibility index (Phi) is 5.59. The topological polar surface area (TPSA) is 45.6 Å². The highest BCUT2D eigenvalue weighted by molar-refractivity contribution is 7.90. The zero-order valence-corrected chi connectivity index (χ0v) is 18.4. The van der Waals surface area contributed by atoms with Crippen molar-refractivity contribution in [2.24, 2.45) is 0 Å². The van der Waals surface area contributed by atoms with E-state index in [4.69, 9.17) is 0 Å². The predicted octanol–water partition coefficient (Wildman–Crippen LogP) is 4.33. The molecule has 2 heterocycles. The quantitative estimate of drug-likeness (QED) is 0.606. The normalized spacial score (nSPS) is 16.4. The Bertz CT molecular complexity index is 1130. The number of rotatable bonds is 5. The number of halogens is 1. The number of nitrogens with zero attached hydrogens (tertiary/aromatic N) is 3. The van der Waals surface area contributed by atoms with Gasteiger partial charge in [0.25, 0.3) is 10.0 Å². The minimum atomic E-state index is -3.81. The molecule has 0 amide bonds. The molecule has 7 heteroatoms. The first-order valence-electron chi connectivity index (χ1n) is 10.4. The monoisotopic (exact) mass is 429 g/mol. The van der Waals surface area contributed by atoms with Crippen LogP contribution >= 0.6 is 0 Å². The van der Waals surface area contributed by atoms with Crippen LogP contribution in [0.25, 0.3) is 10.9 Å². The molecule has 0 unspecified atom stereocenters. The van der Waals surface area contributed by atoms with Gasteiger partial charge in [-0.25, -0.2) is 16.8 Å². The summed E-state index contributed by atoms with van der Waals surface area (Å²) in [4.78, 5) is 4.86. The van der Waals surface area contributed by atoms with Crippen LogP contribution in [0, 0.1) is 5.82 Å². The van der Waals surface area contributed by atoms with Crippen molar-refractivity contribution < 1.29 is 12.8 Å². The summed E-state index contributed by atoms with van der Waals surface area (Å²) in [5.74, 6) is -0.459. The van der Waals surface area contributed by atoms with Crippen LogP contribution in [-0.4, -0.2) is 49.5 Å². The highest BCUT2D eigenvalue weighted by Gasteiger charge is 2.28. The molecule has 5 nitrogen and oxygen atoms in total. The second-order valence-electron chi connectivity index (χ2n) is 8.32. The molecule has 0 radical (unpaired) electrons. The van der Waals surface area contributed by atoms with Gasteiger partial charge in [-0.15, -0.1) is 0 Å². The van der Waals surface area contributed by atoms with Gasteiger partial charge in [0, 0.05) is 29.4 Å². The van der Waals surface area contributed by atoms with Gasteiger partial charge in [-0.1, -0.05) is 6.07 Å². The fourth-order valence-corrected chi connectivity index (χ4v) is 5.80. The zero-order valence-electron chi connectivity index (χ0n) is 17.6. The van der Waals surface area contributed by atoms with Gasteiger partial charge in [0.1, 0.15) is 5.82 Å². The van der Waals surface area contributed by atoms with Crippen molar-refractivity contribution in [1.82, 2.24) is 8.87 Å². The number of hydrogen-bond acceptors (Lipinski definition) is 4. The molecule has 1 aromatic heterocycles. The van der Waals surface area contributed by atoms with Crippen molar-refractivity contribution in [3.8, 4) is 0 Å². The Balaban J connectivity index is 1.79. The lowest BCUT2D eigenvalue weighted by molar-refractivity contribution is 0.246. The molecular weight excluding hydrogens is 401 g/mol. The van der Waals surface area contributed by atoms with E-state index in [0.717, 1.165) is 37.0 Å². The number of piperidine rings is 1. The van der Waals surface area contributed by atoms with Crippen LogP contribution < -0.4 is 4.90 Å². The molecule has 0 spiro atoms. The maximum atomic E-state index is 13.3. The van der Waals surface area contributed by atoms with Crippen LogP contribution in [-0.2, 0) is 10.0 Å². The number of benzene rings is 2. The van der Waals surface area contributed by atoms with Gasteiger partial charge in [0.15, 0.2) is 0 Å². The van der Waals surface area contributed by atoms with Crippen molar-refractivity contribution in [2.75, 3.05) is 25.0 Å². The summed E-state index contributed by atoms with van der Waals surface area (Å²) in [5.41, 5.74) is 1.69. The third kappa shape index (κ3) is 3.72. The van der Waals surface area contributed by atoms with Crippen molar-refractivity contribution in [3.63, 3.8) is 0 Å². The van der Waals surface area contributed by atoms with Crippen molar-refractivity contribution in [2.45, 2.75) is 43.7 Å². The van der Waals surface area contributed by atoms with E-state index in [1.54, 1.807) is 6.20 Å². The van der Waals surface area contributed by atoms with Crippen LogP contribution in [0.5, 0.6) is 0 Å². The van der Waals surface area contributed by atoms with E-state index in [2.05, 4.69) is 36.8 Å². The van der Waals surface area contributed by atoms with Crippen molar-refractivity contribution in [1.29, 1.82) is 0 Å². The van der Waals surface area contributed by atoms with Crippen LogP contribution in [0.15, 0.2) is 59.6 Å². The van der Waals surface area contributed by atoms with E-state index in [9.17, 15) is 12.8 Å². The van der Waals surface area contributed by atoms with E-state index in [1.807, 2.05) is 18.2 Å². The Labute approximate surface area is 177 Å². The maximum absolute atomic E-state index is 13.3. The van der Waals surface area contributed by atoms with Gasteiger partial charge >= 0.3 is 0 Å². The van der Waals surface area contributed by atoms with Gasteiger partial charge < -0.3 is 9.80 Å². The van der Waals surface area contributed by atoms with E-state index in [-0.39, 0.29) is 4.90 Å². The van der Waals surface area contributed by atoms with Crippen molar-refractivity contribution in [3.05, 3.63) is 60.5 Å². The number of aromatic nitrogens is 1. The van der Waals surface area contributed by atoms with Gasteiger partial charge in [0.2, 0.25) is 0 Å². The van der Waals surface area contributed by atoms with E-state index in [1.165, 1.54) is 28.2 Å². The van der Waals surface area contributed by atoms with Gasteiger partial charge in [0.05, 0.1) is 10.4 Å². The number of hydrogen-bond donors (Lipinski definition) is 0. The zero-order chi connectivity index (χ0) is 21.5. The number of likely N-dealkylation sites (tertiary alicyclic amines) is 1. The standard InChI is InChI=1S/C23H28FN3O2S/c1-17(2)27(19-11-14-25(3)15-12-19)23-6-4-5-22-21(23)13-16-26(22)30(28,29)20-9-7-18(24)8-10-20/h4-10,13,16-17,19H,11-12,14-15H2,1-3H3. The highest BCUT2D eigenvalue weighted by Crippen LogP contribution is 2.34. The third-order valence-electron chi connectivity index (χ3n) is 5.96. The fourth-order valence-electron chi connectivity index (χ4n) is 4.45. The molecule has 1 aliphatic rings. The lowest BCUT2D eigenvalue weighted by Gasteiger charge is -2.41. The molecule has 3 aromatic rings. The molecule has 2 aromatic carbocycles. The molecule has 160 valence electrons. The van der Waals surface area contributed by atoms with Crippen molar-refractivity contribution >= 4 is 26.6 Å². The number of anilines is 1. The minimum absolute atomic E-state index is 0.0721. The predicted molar refractivity (Wildman–Crippen MR) is 119 cm³/mol. The highest BCUT2D eigenvalue weighted by atomic mass is 32.2. The summed E-state index contributed by atoms with van der Waals surface area (Å²) >= 11 is 0. The minimum Gasteiger partial charge on any atom is -0.365 e. The largest absolute Gasteiger partial charge is 0.365 e. The second kappa shape index (κ2) is 8.04.